The number of nitrogens with zero attached hydrogens (tertiary/aromatic N) is 4. The first-order chi connectivity index (χ1) is 22.8. The molecule has 2 fully saturated rings. The average Bonchev–Trinajstić information content (AvgIpc) is 3.57. The van der Waals surface area contributed by atoms with Gasteiger partial charge >= 0.3 is 0 Å². The van der Waals surface area contributed by atoms with Gasteiger partial charge < -0.3 is 29.7 Å². The molecule has 0 bridgehead atoms. The van der Waals surface area contributed by atoms with Crippen LogP contribution >= 0.6 is 0 Å². The number of morpholine rings is 1. The zero-order chi connectivity index (χ0) is 32.9. The van der Waals surface area contributed by atoms with Gasteiger partial charge in [-0.15, -0.1) is 0 Å². The second-order valence-corrected chi connectivity index (χ2v) is 11.0. The monoisotopic (exact) mass is 644 g/mol. The van der Waals surface area contributed by atoms with Crippen molar-refractivity contribution in [3.05, 3.63) is 96.8 Å². The van der Waals surface area contributed by atoms with Crippen molar-refractivity contribution in [2.24, 2.45) is 0 Å². The molecule has 0 spiro atoms. The van der Waals surface area contributed by atoms with Gasteiger partial charge in [-0.3, -0.25) is 9.63 Å². The Hall–Kier alpha value is -5.27. The van der Waals surface area contributed by atoms with Crippen LogP contribution in [0.2, 0.25) is 0 Å². The minimum atomic E-state index is -0.666. The Balaban J connectivity index is 1.25. The Morgan fingerprint density at radius 3 is 2.74 bits per heavy atom. The number of benzene rings is 3. The number of amides is 1. The van der Waals surface area contributed by atoms with Gasteiger partial charge in [0.05, 0.1) is 49.5 Å². The third-order valence-corrected chi connectivity index (χ3v) is 7.75. The van der Waals surface area contributed by atoms with Crippen molar-refractivity contribution in [1.29, 1.82) is 0 Å². The van der Waals surface area contributed by atoms with Gasteiger partial charge in [-0.05, 0) is 48.9 Å². The van der Waals surface area contributed by atoms with Crippen LogP contribution in [0.25, 0.3) is 0 Å². The van der Waals surface area contributed by atoms with Crippen molar-refractivity contribution in [3.63, 3.8) is 0 Å². The first-order valence-electron chi connectivity index (χ1n) is 15.1. The molecule has 244 valence electrons. The minimum Gasteiger partial charge on any atom is -0.494 e. The Morgan fingerprint density at radius 1 is 1.06 bits per heavy atom. The number of hydrogen-bond donors (Lipinski definition) is 2. The number of methoxy groups -OCH3 is 1. The van der Waals surface area contributed by atoms with Crippen LogP contribution in [0.15, 0.2) is 79.6 Å². The maximum absolute atomic E-state index is 14.2. The van der Waals surface area contributed by atoms with E-state index in [4.69, 9.17) is 19.0 Å². The summed E-state index contributed by atoms with van der Waals surface area (Å²) in [5, 5.41) is 7.89. The normalized spacial score (nSPS) is 17.7. The number of ether oxygens (including phenoxy) is 3. The molecule has 2 aliphatic rings. The Morgan fingerprint density at radius 2 is 1.94 bits per heavy atom. The summed E-state index contributed by atoms with van der Waals surface area (Å²) >= 11 is 0. The molecule has 0 unspecified atom stereocenters. The summed E-state index contributed by atoms with van der Waals surface area (Å²) in [6, 6.07) is 15.3. The van der Waals surface area contributed by atoms with Gasteiger partial charge in [-0.25, -0.2) is 23.8 Å². The van der Waals surface area contributed by atoms with E-state index in [0.29, 0.717) is 67.2 Å². The summed E-state index contributed by atoms with van der Waals surface area (Å²) in [6.45, 7) is 7.88. The van der Waals surface area contributed by atoms with E-state index in [2.05, 4.69) is 32.1 Å². The molecule has 1 aromatic heterocycles. The van der Waals surface area contributed by atoms with Crippen molar-refractivity contribution < 1.29 is 32.6 Å². The van der Waals surface area contributed by atoms with Crippen LogP contribution in [-0.2, 0) is 14.4 Å². The highest BCUT2D eigenvalue weighted by molar-refractivity contribution is 6.02. The van der Waals surface area contributed by atoms with Crippen LogP contribution in [0.3, 0.4) is 0 Å². The lowest BCUT2D eigenvalue weighted by Gasteiger charge is -2.34. The zero-order valence-corrected chi connectivity index (χ0v) is 25.9. The molecule has 0 aliphatic carbocycles. The molecule has 0 saturated carbocycles. The molecule has 1 amide bonds. The first kappa shape index (κ1) is 31.7. The molecule has 13 heteroatoms. The molecule has 2 N–H and O–H groups in total. The third-order valence-electron chi connectivity index (χ3n) is 7.75. The SMILES string of the molecule is C=CC(=O)Nc1cc(Nc2cc(N3OCC[C@@H]3c3cccc(Oc4cc(F)ccc4F)c3)ncn2)c(OC)cc1N1CCO[C@@H](C)C1. The lowest BCUT2D eigenvalue weighted by molar-refractivity contribution is -0.111. The van der Waals surface area contributed by atoms with Gasteiger partial charge in [-0.2, -0.15) is 0 Å². The lowest BCUT2D eigenvalue weighted by Crippen LogP contribution is -2.41. The van der Waals surface area contributed by atoms with Gasteiger partial charge in [0.15, 0.2) is 17.4 Å². The number of hydrogen-bond acceptors (Lipinski definition) is 10. The van der Waals surface area contributed by atoms with E-state index in [9.17, 15) is 13.6 Å². The fourth-order valence-electron chi connectivity index (χ4n) is 5.56. The second-order valence-electron chi connectivity index (χ2n) is 11.0. The summed E-state index contributed by atoms with van der Waals surface area (Å²) in [5.41, 5.74) is 2.77. The molecule has 3 heterocycles. The molecular weight excluding hydrogens is 610 g/mol. The maximum atomic E-state index is 14.2. The topological polar surface area (TPSA) is 110 Å². The molecule has 11 nitrogen and oxygen atoms in total. The fourth-order valence-corrected chi connectivity index (χ4v) is 5.56. The van der Waals surface area contributed by atoms with Gasteiger partial charge in [0, 0.05) is 37.7 Å². The number of halogens is 2. The zero-order valence-electron chi connectivity index (χ0n) is 25.9. The van der Waals surface area contributed by atoms with Crippen molar-refractivity contribution in [2.45, 2.75) is 25.5 Å². The number of rotatable bonds is 10. The smallest absolute Gasteiger partial charge is 0.247 e. The summed E-state index contributed by atoms with van der Waals surface area (Å²) in [6.07, 6.45) is 3.30. The van der Waals surface area contributed by atoms with E-state index in [1.807, 2.05) is 19.1 Å². The van der Waals surface area contributed by atoms with Crippen LogP contribution in [0, 0.1) is 11.6 Å². The summed E-state index contributed by atoms with van der Waals surface area (Å²) < 4.78 is 45.0. The quantitative estimate of drug-likeness (QED) is 0.185. The van der Waals surface area contributed by atoms with Crippen LogP contribution in [0.4, 0.5) is 37.5 Å². The van der Waals surface area contributed by atoms with E-state index >= 15 is 0 Å². The van der Waals surface area contributed by atoms with E-state index in [-0.39, 0.29) is 23.8 Å². The lowest BCUT2D eigenvalue weighted by atomic mass is 10.0. The van der Waals surface area contributed by atoms with Crippen molar-refractivity contribution in [3.8, 4) is 17.2 Å². The van der Waals surface area contributed by atoms with E-state index < -0.39 is 11.6 Å². The van der Waals surface area contributed by atoms with Crippen LogP contribution in [-0.4, -0.2) is 55.4 Å². The summed E-state index contributed by atoms with van der Waals surface area (Å²) in [5.74, 6) is 0.0210. The molecule has 6 rings (SSSR count). The van der Waals surface area contributed by atoms with E-state index in [1.165, 1.54) is 12.4 Å². The molecule has 2 saturated heterocycles. The number of hydroxylamine groups is 1. The number of aromatic nitrogens is 2. The van der Waals surface area contributed by atoms with E-state index in [0.717, 1.165) is 29.4 Å². The Kier molecular flexibility index (Phi) is 9.45. The van der Waals surface area contributed by atoms with Crippen molar-refractivity contribution in [1.82, 2.24) is 9.97 Å². The van der Waals surface area contributed by atoms with Crippen molar-refractivity contribution in [2.75, 3.05) is 54.0 Å². The summed E-state index contributed by atoms with van der Waals surface area (Å²) in [4.78, 5) is 29.4. The molecule has 4 aromatic rings. The number of anilines is 5. The number of carbonyl (C=O) groups is 1. The standard InChI is InChI=1S/C34H34F2N6O5/c1-4-34(43)40-26-16-27(31(44-3)17-29(26)41-11-13-45-21(2)19-41)39-32-18-33(38-20-37-32)42-28(10-12-46-42)22-6-5-7-24(14-22)47-30-15-23(35)8-9-25(30)36/h4-9,14-18,20-21,28H,1,10-13,19H2,2-3H3,(H,40,43)(H,37,38,39)/t21-,28+/m0/s1. The average molecular weight is 645 g/mol. The largest absolute Gasteiger partial charge is 0.494 e. The van der Waals surface area contributed by atoms with Crippen LogP contribution < -0.4 is 30.1 Å². The molecule has 3 aromatic carbocycles. The highest BCUT2D eigenvalue weighted by Gasteiger charge is 2.30. The molecule has 2 aliphatic heterocycles. The van der Waals surface area contributed by atoms with Gasteiger partial charge in [0.25, 0.3) is 0 Å². The predicted molar refractivity (Wildman–Crippen MR) is 173 cm³/mol. The van der Waals surface area contributed by atoms with Crippen LogP contribution in [0.1, 0.15) is 24.9 Å². The molecule has 0 radical (unpaired) electrons. The summed E-state index contributed by atoms with van der Waals surface area (Å²) in [7, 11) is 1.57. The van der Waals surface area contributed by atoms with E-state index in [1.54, 1.807) is 42.5 Å². The predicted octanol–water partition coefficient (Wildman–Crippen LogP) is 6.53. The first-order valence-corrected chi connectivity index (χ1v) is 15.1. The Labute approximate surface area is 270 Å². The molecular formula is C34H34F2N6O5. The Bertz CT molecular complexity index is 1780. The highest BCUT2D eigenvalue weighted by Crippen LogP contribution is 2.40. The van der Waals surface area contributed by atoms with Gasteiger partial charge in [0.2, 0.25) is 5.91 Å². The fraction of sp³-hybridized carbons (Fsp3) is 0.265. The van der Waals surface area contributed by atoms with Gasteiger partial charge in [-0.1, -0.05) is 18.7 Å². The van der Waals surface area contributed by atoms with Crippen molar-refractivity contribution >= 4 is 34.6 Å². The molecule has 2 atom stereocenters. The third kappa shape index (κ3) is 7.26. The maximum Gasteiger partial charge on any atom is 0.247 e. The number of nitrogens with one attached hydrogen (secondary N) is 2. The van der Waals surface area contributed by atoms with Gasteiger partial charge in [0.1, 0.15) is 29.5 Å². The second kappa shape index (κ2) is 14.0. The van der Waals surface area contributed by atoms with Crippen LogP contribution in [0.5, 0.6) is 17.2 Å². The minimum absolute atomic E-state index is 0.0259. The molecule has 47 heavy (non-hydrogen) atoms. The highest BCUT2D eigenvalue weighted by atomic mass is 19.1. The number of carbonyl (C=O) groups excluding carboxylic acids is 1.